The third kappa shape index (κ3) is 5.33. The summed E-state index contributed by atoms with van der Waals surface area (Å²) >= 11 is 3.01. The van der Waals surface area contributed by atoms with Gasteiger partial charge in [0, 0.05) is 9.77 Å². The van der Waals surface area contributed by atoms with Crippen LogP contribution in [0, 0.1) is 11.3 Å². The summed E-state index contributed by atoms with van der Waals surface area (Å²) in [6.07, 6.45) is 2.76. The Morgan fingerprint density at radius 3 is 2.30 bits per heavy atom. The van der Waals surface area contributed by atoms with Crippen LogP contribution in [0.2, 0.25) is 0 Å². The minimum absolute atomic E-state index is 0.150. The third-order valence-corrected chi connectivity index (χ3v) is 8.75. The highest BCUT2D eigenvalue weighted by Gasteiger charge is 2.34. The lowest BCUT2D eigenvalue weighted by molar-refractivity contribution is -0.115. The maximum atomic E-state index is 13.6. The van der Waals surface area contributed by atoms with E-state index in [-0.39, 0.29) is 11.3 Å². The van der Waals surface area contributed by atoms with Crippen LogP contribution in [-0.2, 0) is 17.6 Å². The van der Waals surface area contributed by atoms with Crippen molar-refractivity contribution < 1.29 is 9.59 Å². The van der Waals surface area contributed by atoms with Gasteiger partial charge in [0.2, 0.25) is 5.91 Å². The number of nitrogens with one attached hydrogen (secondary N) is 1. The lowest BCUT2D eigenvalue weighted by Crippen LogP contribution is -2.27. The Morgan fingerprint density at radius 2 is 1.70 bits per heavy atom. The van der Waals surface area contributed by atoms with Crippen LogP contribution in [0.1, 0.15) is 58.8 Å². The molecular weight excluding hydrogens is 448 g/mol. The molecule has 0 fully saturated rings. The molecule has 1 aliphatic carbocycles. The van der Waals surface area contributed by atoms with E-state index < -0.39 is 11.2 Å². The molecule has 4 nitrogen and oxygen atoms in total. The highest BCUT2D eigenvalue weighted by atomic mass is 32.2. The number of benzene rings is 2. The molecule has 2 amide bonds. The van der Waals surface area contributed by atoms with Crippen LogP contribution >= 0.6 is 23.1 Å². The average molecular weight is 479 g/mol. The van der Waals surface area contributed by atoms with Gasteiger partial charge in [-0.25, -0.2) is 0 Å². The van der Waals surface area contributed by atoms with Crippen LogP contribution in [0.15, 0.2) is 65.6 Å². The van der Waals surface area contributed by atoms with Crippen LogP contribution in [0.25, 0.3) is 0 Å². The van der Waals surface area contributed by atoms with Gasteiger partial charge in [-0.05, 0) is 53.9 Å². The summed E-state index contributed by atoms with van der Waals surface area (Å²) < 4.78 is 0. The number of thiophene rings is 1. The normalized spacial score (nSPS) is 16.6. The van der Waals surface area contributed by atoms with Crippen molar-refractivity contribution in [2.75, 3.05) is 5.32 Å². The molecule has 2 atom stereocenters. The number of anilines is 1. The number of thioether (sulfide) groups is 1. The molecule has 1 aromatic heterocycles. The second-order valence-electron chi connectivity index (χ2n) is 9.59. The molecule has 0 spiro atoms. The van der Waals surface area contributed by atoms with Crippen LogP contribution < -0.4 is 11.1 Å². The Morgan fingerprint density at radius 1 is 1.06 bits per heavy atom. The molecule has 0 radical (unpaired) electrons. The molecule has 6 heteroatoms. The van der Waals surface area contributed by atoms with E-state index in [0.717, 1.165) is 35.3 Å². The molecule has 0 aliphatic heterocycles. The fourth-order valence-corrected chi connectivity index (χ4v) is 6.77. The van der Waals surface area contributed by atoms with E-state index in [1.165, 1.54) is 28.0 Å². The zero-order valence-corrected chi connectivity index (χ0v) is 20.9. The molecule has 172 valence electrons. The van der Waals surface area contributed by atoms with E-state index in [2.05, 4.69) is 26.1 Å². The Balaban J connectivity index is 1.64. The standard InChI is InChI=1S/C27H30N2O2S2/c1-27(2,3)18-14-15-20-21(16-18)33-26(22(20)24(28)30)29-25(31)23(17-10-6-4-7-11-17)32-19-12-8-5-9-13-19/h4-13,18,23H,14-16H2,1-3H3,(H2,28,30)(H,29,31)/t18-,23-/m0/s1. The average Bonchev–Trinajstić information content (AvgIpc) is 3.15. The zero-order valence-electron chi connectivity index (χ0n) is 19.3. The first-order chi connectivity index (χ1) is 15.7. The number of hydrogen-bond donors (Lipinski definition) is 2. The highest BCUT2D eigenvalue weighted by Crippen LogP contribution is 2.45. The minimum atomic E-state index is -0.469. The summed E-state index contributed by atoms with van der Waals surface area (Å²) in [6.45, 7) is 6.79. The monoisotopic (exact) mass is 478 g/mol. The van der Waals surface area contributed by atoms with Crippen LogP contribution in [-0.4, -0.2) is 11.8 Å². The number of fused-ring (bicyclic) bond motifs is 1. The summed E-state index contributed by atoms with van der Waals surface area (Å²) in [4.78, 5) is 28.2. The first kappa shape index (κ1) is 23.6. The predicted octanol–water partition coefficient (Wildman–Crippen LogP) is 6.47. The van der Waals surface area contributed by atoms with Gasteiger partial charge in [-0.2, -0.15) is 0 Å². The maximum absolute atomic E-state index is 13.6. The van der Waals surface area contributed by atoms with Crippen LogP contribution in [0.4, 0.5) is 5.00 Å². The van der Waals surface area contributed by atoms with E-state index in [4.69, 9.17) is 5.73 Å². The fourth-order valence-electron chi connectivity index (χ4n) is 4.39. The lowest BCUT2D eigenvalue weighted by Gasteiger charge is -2.33. The van der Waals surface area contributed by atoms with E-state index in [1.54, 1.807) is 0 Å². The molecule has 0 unspecified atom stereocenters. The van der Waals surface area contributed by atoms with Crippen LogP contribution in [0.5, 0.6) is 0 Å². The lowest BCUT2D eigenvalue weighted by atomic mass is 9.72. The van der Waals surface area contributed by atoms with Gasteiger partial charge in [0.15, 0.2) is 0 Å². The quantitative estimate of drug-likeness (QED) is 0.399. The summed E-state index contributed by atoms with van der Waals surface area (Å²) in [5, 5.41) is 3.22. The van der Waals surface area contributed by atoms with Crippen molar-refractivity contribution in [3.8, 4) is 0 Å². The summed E-state index contributed by atoms with van der Waals surface area (Å²) in [7, 11) is 0. The first-order valence-corrected chi connectivity index (χ1v) is 13.0. The number of amides is 2. The van der Waals surface area contributed by atoms with Gasteiger partial charge in [-0.15, -0.1) is 23.1 Å². The molecule has 3 aromatic rings. The highest BCUT2D eigenvalue weighted by molar-refractivity contribution is 8.00. The molecule has 1 heterocycles. The first-order valence-electron chi connectivity index (χ1n) is 11.3. The van der Waals surface area contributed by atoms with Gasteiger partial charge in [-0.1, -0.05) is 69.3 Å². The number of nitrogens with two attached hydrogens (primary N) is 1. The molecule has 4 rings (SSSR count). The molecule has 0 saturated heterocycles. The largest absolute Gasteiger partial charge is 0.365 e. The summed E-state index contributed by atoms with van der Waals surface area (Å²) in [6, 6.07) is 19.6. The van der Waals surface area contributed by atoms with Crippen LogP contribution in [0.3, 0.4) is 0 Å². The van der Waals surface area contributed by atoms with E-state index in [1.807, 2.05) is 60.7 Å². The zero-order chi connectivity index (χ0) is 23.6. The Labute approximate surface area is 204 Å². The van der Waals surface area contributed by atoms with Crippen molar-refractivity contribution in [2.24, 2.45) is 17.1 Å². The van der Waals surface area contributed by atoms with Gasteiger partial charge in [0.05, 0.1) is 5.56 Å². The van der Waals surface area contributed by atoms with Gasteiger partial charge in [0.1, 0.15) is 10.3 Å². The van der Waals surface area contributed by atoms with Gasteiger partial charge in [-0.3, -0.25) is 9.59 Å². The van der Waals surface area contributed by atoms with Crippen molar-refractivity contribution in [2.45, 2.75) is 50.2 Å². The van der Waals surface area contributed by atoms with Gasteiger partial charge >= 0.3 is 0 Å². The number of carbonyl (C=O) groups is 2. The second-order valence-corrected chi connectivity index (χ2v) is 11.9. The molecule has 1 aliphatic rings. The predicted molar refractivity (Wildman–Crippen MR) is 138 cm³/mol. The molecule has 33 heavy (non-hydrogen) atoms. The summed E-state index contributed by atoms with van der Waals surface area (Å²) in [5.74, 6) is -0.0777. The second kappa shape index (κ2) is 9.74. The number of primary amides is 1. The van der Waals surface area contributed by atoms with Crippen molar-refractivity contribution in [3.05, 3.63) is 82.2 Å². The van der Waals surface area contributed by atoms with E-state index in [9.17, 15) is 9.59 Å². The van der Waals surface area contributed by atoms with E-state index >= 15 is 0 Å². The molecule has 0 saturated carbocycles. The molecule has 0 bridgehead atoms. The van der Waals surface area contributed by atoms with E-state index in [0.29, 0.717) is 16.5 Å². The topological polar surface area (TPSA) is 72.2 Å². The Kier molecular flexibility index (Phi) is 6.96. The third-order valence-electron chi connectivity index (χ3n) is 6.31. The Hall–Kier alpha value is -2.57. The smallest absolute Gasteiger partial charge is 0.251 e. The number of hydrogen-bond acceptors (Lipinski definition) is 4. The molecular formula is C27H30N2O2S2. The number of rotatable bonds is 6. The SMILES string of the molecule is CC(C)(C)[C@H]1CCc2c(sc(NC(=O)[C@@H](Sc3ccccc3)c3ccccc3)c2C(N)=O)C1. The fraction of sp³-hybridized carbons (Fsp3) is 0.333. The van der Waals surface area contributed by atoms with Crippen molar-refractivity contribution >= 4 is 39.9 Å². The van der Waals surface area contributed by atoms with Crippen molar-refractivity contribution in [1.82, 2.24) is 0 Å². The Bertz CT molecular complexity index is 1130. The summed E-state index contributed by atoms with van der Waals surface area (Å²) in [5.41, 5.74) is 8.43. The molecule has 2 aromatic carbocycles. The van der Waals surface area contributed by atoms with Gasteiger partial charge < -0.3 is 11.1 Å². The van der Waals surface area contributed by atoms with Crippen molar-refractivity contribution in [1.29, 1.82) is 0 Å². The van der Waals surface area contributed by atoms with Crippen molar-refractivity contribution in [3.63, 3.8) is 0 Å². The van der Waals surface area contributed by atoms with Gasteiger partial charge in [0.25, 0.3) is 5.91 Å². The maximum Gasteiger partial charge on any atom is 0.251 e. The number of carbonyl (C=O) groups excluding carboxylic acids is 2. The molecule has 3 N–H and O–H groups in total. The minimum Gasteiger partial charge on any atom is -0.365 e.